The molecule has 1 N–H and O–H groups in total. The van der Waals surface area contributed by atoms with Gasteiger partial charge in [0.15, 0.2) is 0 Å². The Bertz CT molecular complexity index is 471. The Morgan fingerprint density at radius 1 is 1.29 bits per heavy atom. The summed E-state index contributed by atoms with van der Waals surface area (Å²) in [5, 5.41) is 0.579. The maximum absolute atomic E-state index is 11.9. The van der Waals surface area contributed by atoms with Crippen LogP contribution in [0.2, 0.25) is 5.02 Å². The highest BCUT2D eigenvalue weighted by molar-refractivity contribution is 7.89. The van der Waals surface area contributed by atoms with Gasteiger partial charge < -0.3 is 0 Å². The summed E-state index contributed by atoms with van der Waals surface area (Å²) < 4.78 is 26.4. The van der Waals surface area contributed by atoms with Crippen LogP contribution >= 0.6 is 11.6 Å². The molecule has 0 unspecified atom stereocenters. The molecule has 5 heteroatoms. The zero-order chi connectivity index (χ0) is 12.9. The lowest BCUT2D eigenvalue weighted by Gasteiger charge is -2.07. The summed E-state index contributed by atoms with van der Waals surface area (Å²) in [6, 6.07) is 4.72. The molecule has 1 rings (SSSR count). The SMILES string of the molecule is CCCCCNS(=O)(=O)c1ccc(Cl)c(C)c1. The lowest BCUT2D eigenvalue weighted by molar-refractivity contribution is 0.576. The minimum atomic E-state index is -3.39. The first-order valence-corrected chi connectivity index (χ1v) is 7.59. The van der Waals surface area contributed by atoms with Crippen molar-refractivity contribution in [1.82, 2.24) is 4.72 Å². The van der Waals surface area contributed by atoms with Gasteiger partial charge in [-0.1, -0.05) is 31.4 Å². The summed E-state index contributed by atoms with van der Waals surface area (Å²) >= 11 is 5.86. The fourth-order valence-corrected chi connectivity index (χ4v) is 2.73. The first-order chi connectivity index (χ1) is 7.97. The van der Waals surface area contributed by atoms with Crippen molar-refractivity contribution in [2.75, 3.05) is 6.54 Å². The summed E-state index contributed by atoms with van der Waals surface area (Å²) in [7, 11) is -3.39. The Morgan fingerprint density at radius 2 is 2.00 bits per heavy atom. The van der Waals surface area contributed by atoms with Crippen molar-refractivity contribution < 1.29 is 8.42 Å². The molecule has 0 atom stereocenters. The number of hydrogen-bond acceptors (Lipinski definition) is 2. The topological polar surface area (TPSA) is 46.2 Å². The molecule has 0 bridgehead atoms. The quantitative estimate of drug-likeness (QED) is 0.811. The van der Waals surface area contributed by atoms with E-state index in [2.05, 4.69) is 11.6 Å². The predicted molar refractivity (Wildman–Crippen MR) is 70.9 cm³/mol. The lowest BCUT2D eigenvalue weighted by Crippen LogP contribution is -2.24. The highest BCUT2D eigenvalue weighted by Crippen LogP contribution is 2.19. The Morgan fingerprint density at radius 3 is 2.59 bits per heavy atom. The van der Waals surface area contributed by atoms with E-state index in [9.17, 15) is 8.42 Å². The smallest absolute Gasteiger partial charge is 0.211 e. The molecule has 0 spiro atoms. The van der Waals surface area contributed by atoms with Crippen LogP contribution in [-0.4, -0.2) is 15.0 Å². The molecule has 96 valence electrons. The van der Waals surface area contributed by atoms with E-state index in [1.165, 1.54) is 6.07 Å². The second-order valence-corrected chi connectivity index (χ2v) is 6.19. The summed E-state index contributed by atoms with van der Waals surface area (Å²) in [4.78, 5) is 0.274. The van der Waals surface area contributed by atoms with Gasteiger partial charge in [-0.2, -0.15) is 0 Å². The van der Waals surface area contributed by atoms with Crippen LogP contribution in [0.3, 0.4) is 0 Å². The van der Waals surface area contributed by atoms with Crippen molar-refractivity contribution in [2.24, 2.45) is 0 Å². The predicted octanol–water partition coefficient (Wildman–Crippen LogP) is 3.12. The molecule has 0 aliphatic rings. The molecular weight excluding hydrogens is 258 g/mol. The van der Waals surface area contributed by atoms with E-state index < -0.39 is 10.0 Å². The number of unbranched alkanes of at least 4 members (excludes halogenated alkanes) is 2. The number of nitrogens with one attached hydrogen (secondary N) is 1. The van der Waals surface area contributed by atoms with Crippen molar-refractivity contribution in [1.29, 1.82) is 0 Å². The third-order valence-corrected chi connectivity index (χ3v) is 4.39. The number of rotatable bonds is 6. The zero-order valence-corrected chi connectivity index (χ0v) is 11.7. The van der Waals surface area contributed by atoms with Gasteiger partial charge in [0.1, 0.15) is 0 Å². The monoisotopic (exact) mass is 275 g/mol. The van der Waals surface area contributed by atoms with Crippen LogP contribution in [-0.2, 0) is 10.0 Å². The summed E-state index contributed by atoms with van der Waals surface area (Å²) in [6.45, 7) is 4.35. The largest absolute Gasteiger partial charge is 0.240 e. The average Bonchev–Trinajstić information content (AvgIpc) is 2.28. The summed E-state index contributed by atoms with van der Waals surface area (Å²) in [5.74, 6) is 0. The molecule has 0 aromatic heterocycles. The van der Waals surface area contributed by atoms with Gasteiger partial charge in [-0.3, -0.25) is 0 Å². The van der Waals surface area contributed by atoms with E-state index in [1.54, 1.807) is 19.1 Å². The van der Waals surface area contributed by atoms with Crippen molar-refractivity contribution in [3.63, 3.8) is 0 Å². The maximum atomic E-state index is 11.9. The van der Waals surface area contributed by atoms with E-state index in [1.807, 2.05) is 0 Å². The van der Waals surface area contributed by atoms with Gasteiger partial charge in [0.25, 0.3) is 0 Å². The third-order valence-electron chi connectivity index (χ3n) is 2.51. The van der Waals surface area contributed by atoms with Gasteiger partial charge in [-0.25, -0.2) is 13.1 Å². The molecule has 0 aliphatic carbocycles. The van der Waals surface area contributed by atoms with Crippen molar-refractivity contribution in [3.8, 4) is 0 Å². The van der Waals surface area contributed by atoms with Gasteiger partial charge >= 0.3 is 0 Å². The molecule has 0 heterocycles. The van der Waals surface area contributed by atoms with Gasteiger partial charge in [0, 0.05) is 11.6 Å². The minimum absolute atomic E-state index is 0.274. The molecular formula is C12H18ClNO2S. The molecule has 3 nitrogen and oxygen atoms in total. The molecule has 0 saturated heterocycles. The molecule has 1 aromatic carbocycles. The Kier molecular flexibility index (Phi) is 5.43. The van der Waals surface area contributed by atoms with Crippen molar-refractivity contribution in [3.05, 3.63) is 28.8 Å². The molecule has 1 aromatic rings. The Labute approximate surface area is 108 Å². The molecule has 0 saturated carbocycles. The second kappa shape index (κ2) is 6.38. The fourth-order valence-electron chi connectivity index (χ4n) is 1.45. The van der Waals surface area contributed by atoms with E-state index in [0.717, 1.165) is 24.8 Å². The third kappa shape index (κ3) is 4.30. The molecule has 0 aliphatic heterocycles. The first-order valence-electron chi connectivity index (χ1n) is 5.73. The zero-order valence-electron chi connectivity index (χ0n) is 10.2. The molecule has 0 radical (unpaired) electrons. The Hall–Kier alpha value is -0.580. The van der Waals surface area contributed by atoms with Crippen LogP contribution in [0.5, 0.6) is 0 Å². The Balaban J connectivity index is 2.72. The minimum Gasteiger partial charge on any atom is -0.211 e. The molecule has 0 fully saturated rings. The summed E-state index contributed by atoms with van der Waals surface area (Å²) in [6.07, 6.45) is 2.96. The van der Waals surface area contributed by atoms with Crippen molar-refractivity contribution in [2.45, 2.75) is 38.0 Å². The van der Waals surface area contributed by atoms with Crippen molar-refractivity contribution >= 4 is 21.6 Å². The first kappa shape index (κ1) is 14.5. The van der Waals surface area contributed by atoms with E-state index in [4.69, 9.17) is 11.6 Å². The maximum Gasteiger partial charge on any atom is 0.240 e. The van der Waals surface area contributed by atoms with Crippen LogP contribution in [0, 0.1) is 6.92 Å². The van der Waals surface area contributed by atoms with Crippen LogP contribution in [0.4, 0.5) is 0 Å². The van der Waals surface area contributed by atoms with Crippen LogP contribution in [0.15, 0.2) is 23.1 Å². The number of halogens is 1. The van der Waals surface area contributed by atoms with E-state index >= 15 is 0 Å². The number of benzene rings is 1. The van der Waals surface area contributed by atoms with Crippen LogP contribution < -0.4 is 4.72 Å². The lowest BCUT2D eigenvalue weighted by atomic mass is 10.2. The highest BCUT2D eigenvalue weighted by Gasteiger charge is 2.13. The van der Waals surface area contributed by atoms with Crippen LogP contribution in [0.1, 0.15) is 31.7 Å². The average molecular weight is 276 g/mol. The van der Waals surface area contributed by atoms with Gasteiger partial charge in [0.05, 0.1) is 4.90 Å². The fraction of sp³-hybridized carbons (Fsp3) is 0.500. The number of aryl methyl sites for hydroxylation is 1. The van der Waals surface area contributed by atoms with Gasteiger partial charge in [0.2, 0.25) is 10.0 Å². The van der Waals surface area contributed by atoms with Crippen LogP contribution in [0.25, 0.3) is 0 Å². The molecule has 17 heavy (non-hydrogen) atoms. The number of sulfonamides is 1. The van der Waals surface area contributed by atoms with Gasteiger partial charge in [-0.05, 0) is 37.1 Å². The number of hydrogen-bond donors (Lipinski definition) is 1. The standard InChI is InChI=1S/C12H18ClNO2S/c1-3-4-5-8-14-17(15,16)11-6-7-12(13)10(2)9-11/h6-7,9,14H,3-5,8H2,1-2H3. The molecule has 0 amide bonds. The summed E-state index contributed by atoms with van der Waals surface area (Å²) in [5.41, 5.74) is 0.767. The normalized spacial score (nSPS) is 11.7. The van der Waals surface area contributed by atoms with Gasteiger partial charge in [-0.15, -0.1) is 0 Å². The van der Waals surface area contributed by atoms with E-state index in [0.29, 0.717) is 11.6 Å². The second-order valence-electron chi connectivity index (χ2n) is 4.02. The van der Waals surface area contributed by atoms with E-state index in [-0.39, 0.29) is 4.90 Å². The highest BCUT2D eigenvalue weighted by atomic mass is 35.5.